The first-order valence-corrected chi connectivity index (χ1v) is 9.41. The first kappa shape index (κ1) is 19.8. The average molecular weight is 408 g/mol. The number of alkyl halides is 3. The van der Waals surface area contributed by atoms with Crippen LogP contribution in [0, 0.1) is 6.92 Å². The zero-order chi connectivity index (χ0) is 21.3. The molecule has 1 heterocycles. The summed E-state index contributed by atoms with van der Waals surface area (Å²) in [5.74, 6) is 0.00419. The summed E-state index contributed by atoms with van der Waals surface area (Å²) >= 11 is 0. The highest BCUT2D eigenvalue weighted by Gasteiger charge is 2.30. The third-order valence-electron chi connectivity index (χ3n) is 4.95. The number of benzene rings is 3. The number of phenolic OH excluding ortho intramolecular Hbond substituents is 1. The zero-order valence-electron chi connectivity index (χ0n) is 16.1. The first-order valence-electron chi connectivity index (χ1n) is 9.41. The van der Waals surface area contributed by atoms with Crippen LogP contribution in [-0.4, -0.2) is 10.1 Å². The van der Waals surface area contributed by atoms with Gasteiger partial charge >= 0.3 is 6.18 Å². The second-order valence-corrected chi connectivity index (χ2v) is 7.09. The Morgan fingerprint density at radius 1 is 0.900 bits per heavy atom. The van der Waals surface area contributed by atoms with Crippen LogP contribution in [0.15, 0.2) is 78.9 Å². The summed E-state index contributed by atoms with van der Waals surface area (Å²) in [6, 6.07) is 21.1. The van der Waals surface area contributed by atoms with Gasteiger partial charge in [0.2, 0.25) is 0 Å². The van der Waals surface area contributed by atoms with Crippen molar-refractivity contribution in [1.82, 2.24) is 4.98 Å². The van der Waals surface area contributed by atoms with Gasteiger partial charge in [-0.15, -0.1) is 0 Å². The average Bonchev–Trinajstić information content (AvgIpc) is 2.73. The van der Waals surface area contributed by atoms with Gasteiger partial charge in [-0.1, -0.05) is 54.6 Å². The first-order chi connectivity index (χ1) is 14.3. The lowest BCUT2D eigenvalue weighted by atomic mass is 9.95. The van der Waals surface area contributed by atoms with Gasteiger partial charge in [0.25, 0.3) is 0 Å². The summed E-state index contributed by atoms with van der Waals surface area (Å²) < 4.78 is 39.5. The molecule has 1 unspecified atom stereocenters. The van der Waals surface area contributed by atoms with Crippen molar-refractivity contribution in [3.05, 3.63) is 101 Å². The van der Waals surface area contributed by atoms with E-state index in [4.69, 9.17) is 0 Å². The second kappa shape index (κ2) is 7.71. The van der Waals surface area contributed by atoms with Crippen molar-refractivity contribution in [1.29, 1.82) is 0 Å². The molecule has 6 heteroatoms. The normalized spacial score (nSPS) is 12.7. The van der Waals surface area contributed by atoms with Crippen molar-refractivity contribution < 1.29 is 18.3 Å². The van der Waals surface area contributed by atoms with Crippen LogP contribution in [0.4, 0.5) is 18.9 Å². The molecule has 0 amide bonds. The molecule has 152 valence electrons. The van der Waals surface area contributed by atoms with Gasteiger partial charge in [-0.2, -0.15) is 13.2 Å². The summed E-state index contributed by atoms with van der Waals surface area (Å²) in [6.07, 6.45) is -4.44. The quantitative estimate of drug-likeness (QED) is 0.407. The third kappa shape index (κ3) is 3.94. The predicted octanol–water partition coefficient (Wildman–Crippen LogP) is 6.47. The minimum atomic E-state index is -4.44. The summed E-state index contributed by atoms with van der Waals surface area (Å²) in [5.41, 5.74) is 2.12. The number of fused-ring (bicyclic) bond motifs is 1. The monoisotopic (exact) mass is 408 g/mol. The Morgan fingerprint density at radius 3 is 2.37 bits per heavy atom. The van der Waals surface area contributed by atoms with Crippen molar-refractivity contribution >= 4 is 16.6 Å². The van der Waals surface area contributed by atoms with Crippen LogP contribution in [-0.2, 0) is 6.18 Å². The maximum Gasteiger partial charge on any atom is 0.416 e. The standard InChI is InChI=1S/C24H19F3N2O/c1-15-10-11-17-12-13-20(23(30)22(17)28-15)21(16-6-3-2-4-7-16)29-19-9-5-8-18(14-19)24(25,26)27/h2-14,21,29-30H,1H3. The Bertz CT molecular complexity index is 1190. The van der Waals surface area contributed by atoms with E-state index in [1.165, 1.54) is 6.07 Å². The molecule has 0 aliphatic heterocycles. The highest BCUT2D eigenvalue weighted by Crippen LogP contribution is 2.37. The number of hydrogen-bond acceptors (Lipinski definition) is 3. The molecule has 0 aliphatic rings. The minimum Gasteiger partial charge on any atom is -0.505 e. The highest BCUT2D eigenvalue weighted by molar-refractivity contribution is 5.86. The lowest BCUT2D eigenvalue weighted by Gasteiger charge is -2.23. The van der Waals surface area contributed by atoms with Crippen LogP contribution in [0.3, 0.4) is 0 Å². The molecule has 0 aliphatic carbocycles. The van der Waals surface area contributed by atoms with Crippen molar-refractivity contribution in [3.8, 4) is 5.75 Å². The molecule has 0 bridgehead atoms. The van der Waals surface area contributed by atoms with Crippen LogP contribution in [0.25, 0.3) is 10.9 Å². The summed E-state index contributed by atoms with van der Waals surface area (Å²) in [4.78, 5) is 4.44. The molecule has 4 rings (SSSR count). The predicted molar refractivity (Wildman–Crippen MR) is 111 cm³/mol. The van der Waals surface area contributed by atoms with E-state index in [1.807, 2.05) is 55.5 Å². The fourth-order valence-electron chi connectivity index (χ4n) is 3.46. The van der Waals surface area contributed by atoms with E-state index in [0.29, 0.717) is 16.8 Å². The molecule has 0 saturated carbocycles. The van der Waals surface area contributed by atoms with Crippen LogP contribution in [0.1, 0.15) is 28.4 Å². The molecule has 0 radical (unpaired) electrons. The van der Waals surface area contributed by atoms with Crippen LogP contribution in [0.2, 0.25) is 0 Å². The summed E-state index contributed by atoms with van der Waals surface area (Å²) in [5, 5.41) is 14.9. The second-order valence-electron chi connectivity index (χ2n) is 7.09. The number of aryl methyl sites for hydroxylation is 1. The van der Waals surface area contributed by atoms with Gasteiger partial charge in [-0.05, 0) is 36.8 Å². The number of phenols is 1. The van der Waals surface area contributed by atoms with E-state index >= 15 is 0 Å². The molecule has 1 atom stereocenters. The smallest absolute Gasteiger partial charge is 0.416 e. The molecule has 2 N–H and O–H groups in total. The van der Waals surface area contributed by atoms with Crippen LogP contribution in [0.5, 0.6) is 5.75 Å². The van der Waals surface area contributed by atoms with Gasteiger partial charge in [0.15, 0.2) is 0 Å². The van der Waals surface area contributed by atoms with Gasteiger partial charge in [-0.3, -0.25) is 0 Å². The lowest BCUT2D eigenvalue weighted by molar-refractivity contribution is -0.137. The lowest BCUT2D eigenvalue weighted by Crippen LogP contribution is -2.14. The number of rotatable bonds is 4. The zero-order valence-corrected chi connectivity index (χ0v) is 16.1. The number of hydrogen-bond donors (Lipinski definition) is 2. The van der Waals surface area contributed by atoms with Gasteiger partial charge in [0.1, 0.15) is 11.3 Å². The Morgan fingerprint density at radius 2 is 1.63 bits per heavy atom. The molecule has 3 aromatic carbocycles. The number of aromatic hydroxyl groups is 1. The van der Waals surface area contributed by atoms with Crippen molar-refractivity contribution in [2.45, 2.75) is 19.1 Å². The van der Waals surface area contributed by atoms with Gasteiger partial charge in [0.05, 0.1) is 11.6 Å². The SMILES string of the molecule is Cc1ccc2ccc(C(Nc3cccc(C(F)(F)F)c3)c3ccccc3)c(O)c2n1. The molecule has 30 heavy (non-hydrogen) atoms. The number of nitrogens with zero attached hydrogens (tertiary/aromatic N) is 1. The van der Waals surface area contributed by atoms with Crippen molar-refractivity contribution in [2.24, 2.45) is 0 Å². The molecule has 0 saturated heterocycles. The number of halogens is 3. The molecular weight excluding hydrogens is 389 g/mol. The maximum atomic E-state index is 13.2. The van der Waals surface area contributed by atoms with E-state index in [1.54, 1.807) is 12.1 Å². The van der Waals surface area contributed by atoms with Crippen molar-refractivity contribution in [2.75, 3.05) is 5.32 Å². The summed E-state index contributed by atoms with van der Waals surface area (Å²) in [7, 11) is 0. The molecule has 1 aromatic heterocycles. The topological polar surface area (TPSA) is 45.1 Å². The van der Waals surface area contributed by atoms with E-state index in [-0.39, 0.29) is 5.75 Å². The molecule has 0 spiro atoms. The number of nitrogens with one attached hydrogen (secondary N) is 1. The molecule has 0 fully saturated rings. The van der Waals surface area contributed by atoms with Crippen LogP contribution < -0.4 is 5.32 Å². The number of aromatic nitrogens is 1. The maximum absolute atomic E-state index is 13.2. The Hall–Kier alpha value is -3.54. The van der Waals surface area contributed by atoms with E-state index < -0.39 is 17.8 Å². The van der Waals surface area contributed by atoms with E-state index in [2.05, 4.69) is 10.3 Å². The van der Waals surface area contributed by atoms with E-state index in [0.717, 1.165) is 28.8 Å². The van der Waals surface area contributed by atoms with Crippen LogP contribution >= 0.6 is 0 Å². The van der Waals surface area contributed by atoms with Gasteiger partial charge in [0, 0.05) is 22.3 Å². The Labute approximate surface area is 171 Å². The minimum absolute atomic E-state index is 0.00419. The fraction of sp³-hybridized carbons (Fsp3) is 0.125. The molecule has 3 nitrogen and oxygen atoms in total. The van der Waals surface area contributed by atoms with Gasteiger partial charge in [-0.25, -0.2) is 4.98 Å². The third-order valence-corrected chi connectivity index (χ3v) is 4.95. The van der Waals surface area contributed by atoms with E-state index in [9.17, 15) is 18.3 Å². The van der Waals surface area contributed by atoms with Gasteiger partial charge < -0.3 is 10.4 Å². The molecular formula is C24H19F3N2O. The van der Waals surface area contributed by atoms with Crippen molar-refractivity contribution in [3.63, 3.8) is 0 Å². The Balaban J connectivity index is 1.83. The fourth-order valence-corrected chi connectivity index (χ4v) is 3.46. The number of anilines is 1. The summed E-state index contributed by atoms with van der Waals surface area (Å²) in [6.45, 7) is 1.83. The number of pyridine rings is 1. The molecule has 4 aromatic rings. The Kier molecular flexibility index (Phi) is 5.08. The highest BCUT2D eigenvalue weighted by atomic mass is 19.4. The largest absolute Gasteiger partial charge is 0.505 e.